The number of carbonyl (C=O) groups excluding carboxylic acids is 2. The highest BCUT2D eigenvalue weighted by molar-refractivity contribution is 5.89. The van der Waals surface area contributed by atoms with Gasteiger partial charge in [0.2, 0.25) is 11.8 Å². The van der Waals surface area contributed by atoms with Crippen LogP contribution in [0.25, 0.3) is 0 Å². The average Bonchev–Trinajstić information content (AvgIpc) is 2.44. The quantitative estimate of drug-likeness (QED) is 0.642. The molecule has 1 saturated heterocycles. The zero-order valence-electron chi connectivity index (χ0n) is 10.2. The van der Waals surface area contributed by atoms with Crippen LogP contribution in [-0.4, -0.2) is 47.8 Å². The lowest BCUT2D eigenvalue weighted by Gasteiger charge is -2.32. The molecule has 1 unspecified atom stereocenters. The van der Waals surface area contributed by atoms with Gasteiger partial charge in [-0.05, 0) is 20.8 Å². The lowest BCUT2D eigenvalue weighted by molar-refractivity contribution is -0.133. The molecular weight excluding hydrogens is 192 g/mol. The minimum atomic E-state index is -0.182. The number of hydrogen-bond donors (Lipinski definition) is 0. The van der Waals surface area contributed by atoms with Crippen LogP contribution in [0.4, 0.5) is 0 Å². The standard InChI is InChI=1S/C11H20N2O2/c1-11(2,3)13-7-8(6-9(13)14)10(15)12(4)5/h8H,6-7H2,1-5H3. The zero-order valence-corrected chi connectivity index (χ0v) is 10.2. The number of carbonyl (C=O) groups is 2. The highest BCUT2D eigenvalue weighted by Gasteiger charge is 2.39. The summed E-state index contributed by atoms with van der Waals surface area (Å²) in [4.78, 5) is 26.8. The maximum atomic E-state index is 11.7. The Bertz CT molecular complexity index is 279. The SMILES string of the molecule is CN(C)C(=O)C1CC(=O)N(C(C)(C)C)C1. The van der Waals surface area contributed by atoms with Crippen molar-refractivity contribution >= 4 is 11.8 Å². The summed E-state index contributed by atoms with van der Waals surface area (Å²) in [5.41, 5.74) is -0.182. The monoisotopic (exact) mass is 212 g/mol. The normalized spacial score (nSPS) is 22.1. The van der Waals surface area contributed by atoms with Gasteiger partial charge in [0.05, 0.1) is 5.92 Å². The Morgan fingerprint density at radius 3 is 2.27 bits per heavy atom. The first-order chi connectivity index (χ1) is 6.73. The third-order valence-electron chi connectivity index (χ3n) is 2.72. The smallest absolute Gasteiger partial charge is 0.227 e. The predicted molar refractivity (Wildman–Crippen MR) is 58.3 cm³/mol. The van der Waals surface area contributed by atoms with Gasteiger partial charge < -0.3 is 9.80 Å². The zero-order chi connectivity index (χ0) is 11.8. The van der Waals surface area contributed by atoms with Gasteiger partial charge in [-0.2, -0.15) is 0 Å². The maximum absolute atomic E-state index is 11.7. The highest BCUT2D eigenvalue weighted by Crippen LogP contribution is 2.26. The van der Waals surface area contributed by atoms with Crippen molar-refractivity contribution in [2.75, 3.05) is 20.6 Å². The van der Waals surface area contributed by atoms with E-state index in [0.717, 1.165) is 0 Å². The van der Waals surface area contributed by atoms with Crippen LogP contribution >= 0.6 is 0 Å². The van der Waals surface area contributed by atoms with Crippen molar-refractivity contribution in [3.63, 3.8) is 0 Å². The topological polar surface area (TPSA) is 40.6 Å². The van der Waals surface area contributed by atoms with Crippen LogP contribution in [0.15, 0.2) is 0 Å². The second-order valence-corrected chi connectivity index (χ2v) is 5.31. The fourth-order valence-electron chi connectivity index (χ4n) is 1.89. The van der Waals surface area contributed by atoms with E-state index in [4.69, 9.17) is 0 Å². The van der Waals surface area contributed by atoms with Gasteiger partial charge in [0, 0.05) is 32.6 Å². The Labute approximate surface area is 91.2 Å². The molecule has 1 atom stereocenters. The molecule has 1 fully saturated rings. The van der Waals surface area contributed by atoms with E-state index in [0.29, 0.717) is 13.0 Å². The predicted octanol–water partition coefficient (Wildman–Crippen LogP) is 0.722. The summed E-state index contributed by atoms with van der Waals surface area (Å²) < 4.78 is 0. The van der Waals surface area contributed by atoms with Crippen LogP contribution in [0, 0.1) is 5.92 Å². The molecule has 1 aliphatic rings. The summed E-state index contributed by atoms with van der Waals surface area (Å²) in [6, 6.07) is 0. The molecule has 1 heterocycles. The molecule has 1 aliphatic heterocycles. The van der Waals surface area contributed by atoms with Gasteiger partial charge in [-0.1, -0.05) is 0 Å². The molecule has 0 aliphatic carbocycles. The molecule has 15 heavy (non-hydrogen) atoms. The molecule has 0 N–H and O–H groups in total. The number of nitrogens with zero attached hydrogens (tertiary/aromatic N) is 2. The first kappa shape index (κ1) is 12.0. The van der Waals surface area contributed by atoms with E-state index in [1.165, 1.54) is 0 Å². The van der Waals surface area contributed by atoms with E-state index in [9.17, 15) is 9.59 Å². The van der Waals surface area contributed by atoms with Gasteiger partial charge in [-0.3, -0.25) is 9.59 Å². The van der Waals surface area contributed by atoms with Gasteiger partial charge >= 0.3 is 0 Å². The lowest BCUT2D eigenvalue weighted by atomic mass is 10.1. The van der Waals surface area contributed by atoms with Gasteiger partial charge in [0.15, 0.2) is 0 Å². The third-order valence-corrected chi connectivity index (χ3v) is 2.72. The molecule has 4 heteroatoms. The molecule has 2 amide bonds. The van der Waals surface area contributed by atoms with Crippen LogP contribution in [-0.2, 0) is 9.59 Å². The highest BCUT2D eigenvalue weighted by atomic mass is 16.2. The third kappa shape index (κ3) is 2.49. The van der Waals surface area contributed by atoms with Gasteiger partial charge in [0.1, 0.15) is 0 Å². The Morgan fingerprint density at radius 2 is 1.93 bits per heavy atom. The first-order valence-corrected chi connectivity index (χ1v) is 5.25. The van der Waals surface area contributed by atoms with Crippen molar-refractivity contribution in [2.45, 2.75) is 32.7 Å². The molecule has 0 aromatic carbocycles. The van der Waals surface area contributed by atoms with Gasteiger partial charge in [-0.15, -0.1) is 0 Å². The molecule has 0 radical (unpaired) electrons. The van der Waals surface area contributed by atoms with Crippen LogP contribution in [0.1, 0.15) is 27.2 Å². The van der Waals surface area contributed by atoms with Gasteiger partial charge in [0.25, 0.3) is 0 Å². The average molecular weight is 212 g/mol. The summed E-state index contributed by atoms with van der Waals surface area (Å²) >= 11 is 0. The molecular formula is C11H20N2O2. The van der Waals surface area contributed by atoms with Crippen LogP contribution in [0.3, 0.4) is 0 Å². The van der Waals surface area contributed by atoms with E-state index < -0.39 is 0 Å². The van der Waals surface area contributed by atoms with Crippen molar-refractivity contribution in [1.29, 1.82) is 0 Å². The van der Waals surface area contributed by atoms with Gasteiger partial charge in [-0.25, -0.2) is 0 Å². The van der Waals surface area contributed by atoms with Crippen molar-refractivity contribution in [1.82, 2.24) is 9.80 Å². The Morgan fingerprint density at radius 1 is 1.40 bits per heavy atom. The summed E-state index contributed by atoms with van der Waals surface area (Å²) in [5.74, 6) is -0.0236. The Kier molecular flexibility index (Phi) is 3.07. The maximum Gasteiger partial charge on any atom is 0.227 e. The molecule has 0 saturated carbocycles. The molecule has 86 valence electrons. The number of likely N-dealkylation sites (tertiary alicyclic amines) is 1. The van der Waals surface area contributed by atoms with Crippen molar-refractivity contribution < 1.29 is 9.59 Å². The summed E-state index contributed by atoms with van der Waals surface area (Å²) in [6.07, 6.45) is 0.355. The summed E-state index contributed by atoms with van der Waals surface area (Å²) in [5, 5.41) is 0. The molecule has 1 rings (SSSR count). The Hall–Kier alpha value is -1.06. The van der Waals surface area contributed by atoms with Crippen molar-refractivity contribution in [2.24, 2.45) is 5.92 Å². The molecule has 0 bridgehead atoms. The van der Waals surface area contributed by atoms with E-state index in [1.54, 1.807) is 23.9 Å². The second kappa shape index (κ2) is 3.83. The largest absolute Gasteiger partial charge is 0.349 e. The first-order valence-electron chi connectivity index (χ1n) is 5.25. The second-order valence-electron chi connectivity index (χ2n) is 5.31. The number of amides is 2. The molecule has 0 aromatic heterocycles. The van der Waals surface area contributed by atoms with Crippen molar-refractivity contribution in [3.05, 3.63) is 0 Å². The van der Waals surface area contributed by atoms with E-state index in [-0.39, 0.29) is 23.3 Å². The fraction of sp³-hybridized carbons (Fsp3) is 0.818. The van der Waals surface area contributed by atoms with Crippen molar-refractivity contribution in [3.8, 4) is 0 Å². The number of hydrogen-bond acceptors (Lipinski definition) is 2. The molecule has 4 nitrogen and oxygen atoms in total. The fourth-order valence-corrected chi connectivity index (χ4v) is 1.89. The van der Waals surface area contributed by atoms with E-state index in [2.05, 4.69) is 0 Å². The van der Waals surface area contributed by atoms with E-state index >= 15 is 0 Å². The number of rotatable bonds is 1. The summed E-state index contributed by atoms with van der Waals surface area (Å²) in [7, 11) is 3.46. The lowest BCUT2D eigenvalue weighted by Crippen LogP contribution is -2.43. The molecule has 0 aromatic rings. The summed E-state index contributed by atoms with van der Waals surface area (Å²) in [6.45, 7) is 6.54. The van der Waals surface area contributed by atoms with Crippen LogP contribution < -0.4 is 0 Å². The molecule has 0 spiro atoms. The minimum Gasteiger partial charge on any atom is -0.349 e. The van der Waals surface area contributed by atoms with E-state index in [1.807, 2.05) is 20.8 Å². The van der Waals surface area contributed by atoms with Crippen LogP contribution in [0.2, 0.25) is 0 Å². The minimum absolute atomic E-state index is 0.0510. The Balaban J connectivity index is 2.72. The van der Waals surface area contributed by atoms with Crippen LogP contribution in [0.5, 0.6) is 0 Å².